The molecule has 0 aliphatic heterocycles. The summed E-state index contributed by atoms with van der Waals surface area (Å²) in [5, 5.41) is 9.09. The summed E-state index contributed by atoms with van der Waals surface area (Å²) in [5.74, 6) is -0.702. The van der Waals surface area contributed by atoms with E-state index in [-0.39, 0.29) is 17.1 Å². The Morgan fingerprint density at radius 1 is 1.50 bits per heavy atom. The zero-order chi connectivity index (χ0) is 14.7. The summed E-state index contributed by atoms with van der Waals surface area (Å²) in [6, 6.07) is 4.73. The number of carbonyl (C=O) groups is 1. The van der Waals surface area contributed by atoms with Gasteiger partial charge in [-0.3, -0.25) is 4.57 Å². The first-order chi connectivity index (χ1) is 9.49. The average molecular weight is 363 g/mol. The number of imidazole rings is 1. The van der Waals surface area contributed by atoms with Gasteiger partial charge in [-0.25, -0.2) is 9.78 Å². The van der Waals surface area contributed by atoms with E-state index in [1.807, 2.05) is 0 Å². The highest BCUT2D eigenvalue weighted by Gasteiger charge is 2.15. The van der Waals surface area contributed by atoms with Gasteiger partial charge in [0.15, 0.2) is 0 Å². The third kappa shape index (κ3) is 3.37. The minimum Gasteiger partial charge on any atom is -0.478 e. The number of aromatic nitrogens is 2. The number of thioether (sulfide) groups is 1. The summed E-state index contributed by atoms with van der Waals surface area (Å²) >= 11 is 4.41. The van der Waals surface area contributed by atoms with Crippen LogP contribution in [0.25, 0.3) is 0 Å². The molecule has 2 rings (SSSR count). The number of carboxylic acid groups (broad SMARTS) is 1. The molecule has 0 unspecified atom stereocenters. The van der Waals surface area contributed by atoms with Crippen LogP contribution in [0, 0.1) is 0 Å². The van der Waals surface area contributed by atoms with Crippen LogP contribution in [0.2, 0.25) is 0 Å². The fraction of sp³-hybridized carbons (Fsp3) is 0.167. The molecule has 106 valence electrons. The second-order valence-corrected chi connectivity index (χ2v) is 5.70. The number of aromatic carboxylic acids is 1. The lowest BCUT2D eigenvalue weighted by atomic mass is 10.2. The van der Waals surface area contributed by atoms with Gasteiger partial charge in [0.05, 0.1) is 11.3 Å². The lowest BCUT2D eigenvalue weighted by molar-refractivity contribution is 0.0673. The Labute approximate surface area is 125 Å². The van der Waals surface area contributed by atoms with Crippen molar-refractivity contribution in [3.8, 4) is 0 Å². The largest absolute Gasteiger partial charge is 0.478 e. The van der Waals surface area contributed by atoms with E-state index in [1.54, 1.807) is 12.1 Å². The molecule has 0 saturated heterocycles. The lowest BCUT2D eigenvalue weighted by Crippen LogP contribution is -2.03. The summed E-state index contributed by atoms with van der Waals surface area (Å²) in [4.78, 5) is 15.4. The average Bonchev–Trinajstić information content (AvgIpc) is 2.84. The number of benzene rings is 1. The van der Waals surface area contributed by atoms with E-state index >= 15 is 0 Å². The van der Waals surface area contributed by atoms with E-state index in [4.69, 9.17) is 5.11 Å². The first-order valence-electron chi connectivity index (χ1n) is 5.44. The van der Waals surface area contributed by atoms with Crippen molar-refractivity contribution in [1.29, 1.82) is 0 Å². The van der Waals surface area contributed by atoms with Crippen LogP contribution < -0.4 is 0 Å². The Morgan fingerprint density at radius 3 is 2.90 bits per heavy atom. The first kappa shape index (κ1) is 15.0. The molecule has 0 saturated carbocycles. The zero-order valence-corrected chi connectivity index (χ0v) is 12.4. The molecule has 0 spiro atoms. The lowest BCUT2D eigenvalue weighted by Gasteiger charge is -2.08. The Kier molecular flexibility index (Phi) is 4.77. The van der Waals surface area contributed by atoms with E-state index in [9.17, 15) is 13.6 Å². The molecule has 20 heavy (non-hydrogen) atoms. The Balaban J connectivity index is 2.20. The van der Waals surface area contributed by atoms with Crippen molar-refractivity contribution in [1.82, 2.24) is 9.55 Å². The summed E-state index contributed by atoms with van der Waals surface area (Å²) < 4.78 is 26.8. The van der Waals surface area contributed by atoms with Crippen molar-refractivity contribution < 1.29 is 18.7 Å². The molecule has 4 nitrogen and oxygen atoms in total. The van der Waals surface area contributed by atoms with E-state index in [0.717, 1.165) is 20.8 Å². The monoisotopic (exact) mass is 362 g/mol. The van der Waals surface area contributed by atoms with Crippen LogP contribution in [-0.2, 0) is 5.75 Å². The molecule has 1 heterocycles. The molecule has 8 heteroatoms. The van der Waals surface area contributed by atoms with Crippen molar-refractivity contribution in [2.45, 2.75) is 17.2 Å². The molecule has 0 bridgehead atoms. The Morgan fingerprint density at radius 2 is 2.25 bits per heavy atom. The van der Waals surface area contributed by atoms with E-state index in [2.05, 4.69) is 20.9 Å². The maximum atomic E-state index is 12.7. The molecule has 0 aliphatic rings. The smallest absolute Gasteiger partial charge is 0.336 e. The van der Waals surface area contributed by atoms with Crippen LogP contribution in [0.4, 0.5) is 8.78 Å². The highest BCUT2D eigenvalue weighted by molar-refractivity contribution is 9.10. The van der Waals surface area contributed by atoms with Gasteiger partial charge in [0.1, 0.15) is 5.82 Å². The topological polar surface area (TPSA) is 55.1 Å². The number of alkyl halides is 2. The van der Waals surface area contributed by atoms with Crippen molar-refractivity contribution in [2.24, 2.45) is 0 Å². The molecule has 0 atom stereocenters. The number of carboxylic acids is 1. The fourth-order valence-electron chi connectivity index (χ4n) is 1.57. The predicted octanol–water partition coefficient (Wildman–Crippen LogP) is 4.03. The highest BCUT2D eigenvalue weighted by Crippen LogP contribution is 2.29. The van der Waals surface area contributed by atoms with Gasteiger partial charge < -0.3 is 5.11 Å². The number of nitrogens with zero attached hydrogens (tertiary/aromatic N) is 2. The zero-order valence-electron chi connectivity index (χ0n) is 9.96. The van der Waals surface area contributed by atoms with E-state index in [1.165, 1.54) is 18.5 Å². The molecular weight excluding hydrogens is 354 g/mol. The van der Waals surface area contributed by atoms with Gasteiger partial charge in [0.25, 0.3) is 0 Å². The molecule has 1 aromatic heterocycles. The Hall–Kier alpha value is -1.41. The van der Waals surface area contributed by atoms with Gasteiger partial charge in [0.2, 0.25) is 0 Å². The van der Waals surface area contributed by atoms with Gasteiger partial charge in [0, 0.05) is 21.8 Å². The van der Waals surface area contributed by atoms with Crippen LogP contribution in [0.1, 0.15) is 22.7 Å². The maximum absolute atomic E-state index is 12.7. The third-order valence-corrected chi connectivity index (χ3v) is 4.03. The van der Waals surface area contributed by atoms with Gasteiger partial charge in [-0.2, -0.15) is 8.78 Å². The SMILES string of the molecule is O=C(O)c1ccc(Br)cc1SCc1nccn1C(F)F. The molecule has 0 amide bonds. The van der Waals surface area contributed by atoms with Crippen LogP contribution in [0.5, 0.6) is 0 Å². The summed E-state index contributed by atoms with van der Waals surface area (Å²) in [5.41, 5.74) is 0.133. The second-order valence-electron chi connectivity index (χ2n) is 3.76. The van der Waals surface area contributed by atoms with Gasteiger partial charge >= 0.3 is 12.5 Å². The molecule has 0 radical (unpaired) electrons. The number of rotatable bonds is 5. The van der Waals surface area contributed by atoms with Crippen LogP contribution >= 0.6 is 27.7 Å². The van der Waals surface area contributed by atoms with Crippen molar-refractivity contribution in [3.63, 3.8) is 0 Å². The molecule has 1 N–H and O–H groups in total. The maximum Gasteiger partial charge on any atom is 0.336 e. The normalized spacial score (nSPS) is 11.0. The van der Waals surface area contributed by atoms with Gasteiger partial charge in [-0.15, -0.1) is 11.8 Å². The minimum absolute atomic E-state index is 0.133. The van der Waals surface area contributed by atoms with Crippen LogP contribution in [0.15, 0.2) is 40.0 Å². The number of hydrogen-bond donors (Lipinski definition) is 1. The van der Waals surface area contributed by atoms with Crippen molar-refractivity contribution in [3.05, 3.63) is 46.5 Å². The minimum atomic E-state index is -2.66. The molecule has 0 aliphatic carbocycles. The number of hydrogen-bond acceptors (Lipinski definition) is 3. The number of halogens is 3. The molecular formula is C12H9BrF2N2O2S. The van der Waals surface area contributed by atoms with Crippen molar-refractivity contribution in [2.75, 3.05) is 0 Å². The van der Waals surface area contributed by atoms with Gasteiger partial charge in [-0.05, 0) is 18.2 Å². The quantitative estimate of drug-likeness (QED) is 0.815. The fourth-order valence-corrected chi connectivity index (χ4v) is 3.11. The van der Waals surface area contributed by atoms with Gasteiger partial charge in [-0.1, -0.05) is 15.9 Å². The molecule has 1 aromatic carbocycles. The van der Waals surface area contributed by atoms with Crippen LogP contribution in [0.3, 0.4) is 0 Å². The highest BCUT2D eigenvalue weighted by atomic mass is 79.9. The Bertz CT molecular complexity index is 634. The second kappa shape index (κ2) is 6.36. The van der Waals surface area contributed by atoms with E-state index in [0.29, 0.717) is 4.90 Å². The summed E-state index contributed by atoms with van der Waals surface area (Å²) in [7, 11) is 0. The molecule has 0 fully saturated rings. The summed E-state index contributed by atoms with van der Waals surface area (Å²) in [6.07, 6.45) is 2.49. The van der Waals surface area contributed by atoms with Crippen LogP contribution in [-0.4, -0.2) is 20.6 Å². The summed E-state index contributed by atoms with van der Waals surface area (Å²) in [6.45, 7) is -2.66. The van der Waals surface area contributed by atoms with E-state index < -0.39 is 12.5 Å². The predicted molar refractivity (Wildman–Crippen MR) is 74.1 cm³/mol. The first-order valence-corrected chi connectivity index (χ1v) is 7.22. The molecule has 2 aromatic rings. The third-order valence-electron chi connectivity index (χ3n) is 2.49. The standard InChI is InChI=1S/C12H9BrF2N2O2S/c13-7-1-2-8(11(18)19)9(5-7)20-6-10-16-3-4-17(10)12(14)15/h1-5,12H,6H2,(H,18,19). The van der Waals surface area contributed by atoms with Crippen molar-refractivity contribution >= 4 is 33.7 Å².